The molecule has 1 aliphatic heterocycles. The van der Waals surface area contributed by atoms with Crippen LogP contribution in [0.1, 0.15) is 61.7 Å². The summed E-state index contributed by atoms with van der Waals surface area (Å²) >= 11 is 4.98. The Balaban J connectivity index is 1.84. The number of halogens is 1. The Labute approximate surface area is 144 Å². The van der Waals surface area contributed by atoms with E-state index in [0.717, 1.165) is 60.8 Å². The van der Waals surface area contributed by atoms with Crippen molar-refractivity contribution in [2.24, 2.45) is 5.92 Å². The molecule has 3 nitrogen and oxygen atoms in total. The van der Waals surface area contributed by atoms with Crippen molar-refractivity contribution in [3.63, 3.8) is 0 Å². The Kier molecular flexibility index (Phi) is 5.34. The van der Waals surface area contributed by atoms with Gasteiger partial charge in [0.2, 0.25) is 0 Å². The number of carbonyl (C=O) groups excluding carboxylic acids is 2. The number of nitrogens with zero attached hydrogens (tertiary/aromatic N) is 1. The molecule has 3 rings (SSSR count). The molecule has 2 aliphatic rings. The summed E-state index contributed by atoms with van der Waals surface area (Å²) in [7, 11) is 0. The van der Waals surface area contributed by atoms with Gasteiger partial charge in [0.1, 0.15) is 5.78 Å². The Morgan fingerprint density at radius 1 is 1.18 bits per heavy atom. The average Bonchev–Trinajstić information content (AvgIpc) is 2.81. The number of amides is 1. The fourth-order valence-corrected chi connectivity index (χ4v) is 4.94. The highest BCUT2D eigenvalue weighted by Gasteiger charge is 2.37. The number of thiophene rings is 1. The van der Waals surface area contributed by atoms with Gasteiger partial charge < -0.3 is 4.90 Å². The Hall–Kier alpha value is -0.680. The molecule has 0 bridgehead atoms. The van der Waals surface area contributed by atoms with Crippen LogP contribution in [0.3, 0.4) is 0 Å². The quantitative estimate of drug-likeness (QED) is 0.744. The van der Waals surface area contributed by atoms with Crippen LogP contribution in [0, 0.1) is 5.92 Å². The molecule has 22 heavy (non-hydrogen) atoms. The van der Waals surface area contributed by atoms with Gasteiger partial charge in [0.05, 0.1) is 9.35 Å². The molecular formula is C17H22BrNO2S. The van der Waals surface area contributed by atoms with E-state index in [4.69, 9.17) is 0 Å². The van der Waals surface area contributed by atoms with Crippen LogP contribution in [-0.4, -0.2) is 29.2 Å². The second-order valence-electron chi connectivity index (χ2n) is 6.37. The molecule has 0 radical (unpaired) electrons. The average molecular weight is 384 g/mol. The number of ketones is 1. The molecule has 120 valence electrons. The number of likely N-dealkylation sites (tertiary alicyclic amines) is 1. The zero-order valence-electron chi connectivity index (χ0n) is 12.7. The van der Waals surface area contributed by atoms with Crippen LogP contribution in [-0.2, 0) is 4.79 Å². The van der Waals surface area contributed by atoms with Crippen LogP contribution in [0.25, 0.3) is 0 Å². The van der Waals surface area contributed by atoms with Gasteiger partial charge in [-0.15, -0.1) is 11.3 Å². The van der Waals surface area contributed by atoms with Crippen LogP contribution in [0.2, 0.25) is 0 Å². The van der Waals surface area contributed by atoms with Crippen LogP contribution in [0.4, 0.5) is 0 Å². The number of rotatable bonds is 2. The second kappa shape index (κ2) is 7.26. The Morgan fingerprint density at radius 2 is 2.00 bits per heavy atom. The first-order valence-electron chi connectivity index (χ1n) is 8.24. The first-order valence-corrected chi connectivity index (χ1v) is 9.92. The van der Waals surface area contributed by atoms with E-state index in [1.807, 2.05) is 16.3 Å². The van der Waals surface area contributed by atoms with Crippen molar-refractivity contribution in [1.29, 1.82) is 0 Å². The SMILES string of the molecule is O=C1CCCC[C@@H]1[C@H]1CCCCCN1C(=O)c1csc(Br)c1. The van der Waals surface area contributed by atoms with Crippen molar-refractivity contribution in [2.75, 3.05) is 6.54 Å². The van der Waals surface area contributed by atoms with E-state index in [-0.39, 0.29) is 17.9 Å². The van der Waals surface area contributed by atoms with E-state index in [0.29, 0.717) is 12.2 Å². The van der Waals surface area contributed by atoms with Crippen LogP contribution >= 0.6 is 27.3 Å². The predicted molar refractivity (Wildman–Crippen MR) is 92.3 cm³/mol. The zero-order chi connectivity index (χ0) is 15.5. The minimum Gasteiger partial charge on any atom is -0.335 e. The summed E-state index contributed by atoms with van der Waals surface area (Å²) in [6.07, 6.45) is 8.13. The molecule has 0 unspecified atom stereocenters. The molecule has 1 saturated carbocycles. The largest absolute Gasteiger partial charge is 0.335 e. The zero-order valence-corrected chi connectivity index (χ0v) is 15.1. The second-order valence-corrected chi connectivity index (χ2v) is 8.66. The molecule has 1 aromatic heterocycles. The molecule has 2 heterocycles. The van der Waals surface area contributed by atoms with Crippen molar-refractivity contribution < 1.29 is 9.59 Å². The van der Waals surface area contributed by atoms with E-state index in [1.165, 1.54) is 0 Å². The van der Waals surface area contributed by atoms with Gasteiger partial charge in [-0.25, -0.2) is 0 Å². The van der Waals surface area contributed by atoms with Crippen LogP contribution in [0.5, 0.6) is 0 Å². The minimum absolute atomic E-state index is 0.0675. The van der Waals surface area contributed by atoms with Crippen molar-refractivity contribution in [3.05, 3.63) is 20.8 Å². The number of carbonyl (C=O) groups is 2. The highest BCUT2D eigenvalue weighted by molar-refractivity contribution is 9.11. The van der Waals surface area contributed by atoms with E-state index in [1.54, 1.807) is 11.3 Å². The summed E-state index contributed by atoms with van der Waals surface area (Å²) in [5, 5.41) is 1.91. The summed E-state index contributed by atoms with van der Waals surface area (Å²) in [6.45, 7) is 0.792. The van der Waals surface area contributed by atoms with E-state index in [9.17, 15) is 9.59 Å². The fraction of sp³-hybridized carbons (Fsp3) is 0.647. The highest BCUT2D eigenvalue weighted by Crippen LogP contribution is 2.33. The van der Waals surface area contributed by atoms with Gasteiger partial charge in [0, 0.05) is 30.3 Å². The molecule has 1 aliphatic carbocycles. The topological polar surface area (TPSA) is 37.4 Å². The van der Waals surface area contributed by atoms with Gasteiger partial charge >= 0.3 is 0 Å². The first kappa shape index (κ1) is 16.2. The van der Waals surface area contributed by atoms with Gasteiger partial charge in [0.15, 0.2) is 0 Å². The third-order valence-corrected chi connectivity index (χ3v) is 6.45. The Morgan fingerprint density at radius 3 is 2.73 bits per heavy atom. The normalized spacial score (nSPS) is 26.8. The van der Waals surface area contributed by atoms with Crippen molar-refractivity contribution >= 4 is 39.0 Å². The number of Topliss-reactive ketones (excluding diaryl/α,β-unsaturated/α-hetero) is 1. The molecule has 0 spiro atoms. The van der Waals surface area contributed by atoms with Crippen LogP contribution < -0.4 is 0 Å². The maximum absolute atomic E-state index is 12.9. The predicted octanol–water partition coefficient (Wildman–Crippen LogP) is 4.65. The van der Waals surface area contributed by atoms with Crippen molar-refractivity contribution in [3.8, 4) is 0 Å². The maximum atomic E-state index is 12.9. The summed E-state index contributed by atoms with van der Waals surface area (Å²) in [5.74, 6) is 0.549. The van der Waals surface area contributed by atoms with E-state index in [2.05, 4.69) is 15.9 Å². The summed E-state index contributed by atoms with van der Waals surface area (Å²) in [5.41, 5.74) is 0.757. The number of hydrogen-bond acceptors (Lipinski definition) is 3. The number of hydrogen-bond donors (Lipinski definition) is 0. The Bertz CT molecular complexity index is 557. The van der Waals surface area contributed by atoms with Crippen molar-refractivity contribution in [2.45, 2.75) is 57.4 Å². The first-order chi connectivity index (χ1) is 10.7. The van der Waals surface area contributed by atoms with Gasteiger partial charge in [-0.2, -0.15) is 0 Å². The molecule has 1 amide bonds. The molecule has 2 fully saturated rings. The lowest BCUT2D eigenvalue weighted by molar-refractivity contribution is -0.126. The van der Waals surface area contributed by atoms with E-state index < -0.39 is 0 Å². The standard InChI is InChI=1S/C17H22BrNO2S/c18-16-10-12(11-22-16)17(21)19-9-5-1-2-7-14(19)13-6-3-4-8-15(13)20/h10-11,13-14H,1-9H2/t13-,14-/m1/s1. The molecular weight excluding hydrogens is 362 g/mol. The molecule has 1 aromatic rings. The van der Waals surface area contributed by atoms with Crippen LogP contribution in [0.15, 0.2) is 15.2 Å². The smallest absolute Gasteiger partial charge is 0.255 e. The third kappa shape index (κ3) is 3.46. The molecule has 0 N–H and O–H groups in total. The maximum Gasteiger partial charge on any atom is 0.255 e. The van der Waals surface area contributed by atoms with E-state index >= 15 is 0 Å². The van der Waals surface area contributed by atoms with Gasteiger partial charge in [-0.3, -0.25) is 9.59 Å². The van der Waals surface area contributed by atoms with Gasteiger partial charge in [0.25, 0.3) is 5.91 Å². The summed E-state index contributed by atoms with van der Waals surface area (Å²) in [4.78, 5) is 27.3. The molecule has 0 aromatic carbocycles. The lowest BCUT2D eigenvalue weighted by Gasteiger charge is -2.37. The molecule has 1 saturated heterocycles. The monoisotopic (exact) mass is 383 g/mol. The summed E-state index contributed by atoms with van der Waals surface area (Å²) < 4.78 is 0.982. The van der Waals surface area contributed by atoms with Crippen molar-refractivity contribution in [1.82, 2.24) is 4.90 Å². The lowest BCUT2D eigenvalue weighted by atomic mass is 9.80. The molecule has 5 heteroatoms. The third-order valence-electron chi connectivity index (χ3n) is 4.94. The highest BCUT2D eigenvalue weighted by atomic mass is 79.9. The van der Waals surface area contributed by atoms with Gasteiger partial charge in [-0.05, 0) is 47.7 Å². The lowest BCUT2D eigenvalue weighted by Crippen LogP contribution is -2.47. The fourth-order valence-electron chi connectivity index (χ4n) is 3.81. The molecule has 2 atom stereocenters. The minimum atomic E-state index is 0.0675. The van der Waals surface area contributed by atoms with Gasteiger partial charge in [-0.1, -0.05) is 19.3 Å². The summed E-state index contributed by atoms with van der Waals surface area (Å²) in [6, 6.07) is 2.01.